The maximum Gasteiger partial charge on any atom is 0.234 e. The lowest BCUT2D eigenvalue weighted by Gasteiger charge is -2.11. The summed E-state index contributed by atoms with van der Waals surface area (Å²) in [5.74, 6) is 1.77. The zero-order chi connectivity index (χ0) is 21.0. The van der Waals surface area contributed by atoms with Crippen molar-refractivity contribution in [2.24, 2.45) is 7.05 Å². The molecule has 0 unspecified atom stereocenters. The van der Waals surface area contributed by atoms with Gasteiger partial charge in [0, 0.05) is 12.7 Å². The molecule has 0 fully saturated rings. The first-order valence-electron chi connectivity index (χ1n) is 9.42. The topological polar surface area (TPSA) is 69.0 Å². The monoisotopic (exact) mass is 410 g/mol. The molecular formula is C22H26N4O2S. The Kier molecular flexibility index (Phi) is 6.59. The number of carbonyl (C=O) groups excluding carboxylic acids is 1. The second-order valence-corrected chi connectivity index (χ2v) is 8.05. The molecule has 3 rings (SSSR count). The Morgan fingerprint density at radius 1 is 1.03 bits per heavy atom. The van der Waals surface area contributed by atoms with E-state index in [9.17, 15) is 4.79 Å². The number of nitrogens with zero attached hydrogens (tertiary/aromatic N) is 3. The molecule has 29 heavy (non-hydrogen) atoms. The molecule has 1 aromatic heterocycles. The lowest BCUT2D eigenvalue weighted by atomic mass is 10.1. The van der Waals surface area contributed by atoms with Crippen LogP contribution in [0.3, 0.4) is 0 Å². The maximum absolute atomic E-state index is 12.3. The zero-order valence-corrected chi connectivity index (χ0v) is 18.3. The number of rotatable bonds is 7. The molecule has 1 heterocycles. The molecule has 7 heteroatoms. The summed E-state index contributed by atoms with van der Waals surface area (Å²) in [5, 5.41) is 12.0. The average Bonchev–Trinajstić information content (AvgIpc) is 3.02. The quantitative estimate of drug-likeness (QED) is 0.586. The van der Waals surface area contributed by atoms with Gasteiger partial charge >= 0.3 is 0 Å². The number of aryl methyl sites for hydroxylation is 4. The molecule has 0 radical (unpaired) electrons. The lowest BCUT2D eigenvalue weighted by molar-refractivity contribution is -0.113. The third-order valence-electron chi connectivity index (χ3n) is 4.80. The molecule has 0 spiro atoms. The number of benzene rings is 2. The molecule has 0 aliphatic rings. The van der Waals surface area contributed by atoms with Crippen molar-refractivity contribution in [2.45, 2.75) is 39.5 Å². The SMILES string of the molecule is Cc1ccc(NC(=O)CSc2nnc(COc3c(C)cccc3C)n2C)cc1C. The fourth-order valence-corrected chi connectivity index (χ4v) is 3.64. The highest BCUT2D eigenvalue weighted by Gasteiger charge is 2.13. The summed E-state index contributed by atoms with van der Waals surface area (Å²) < 4.78 is 7.82. The molecular weight excluding hydrogens is 384 g/mol. The third-order valence-corrected chi connectivity index (χ3v) is 5.82. The van der Waals surface area contributed by atoms with E-state index in [0.29, 0.717) is 17.6 Å². The number of nitrogens with one attached hydrogen (secondary N) is 1. The molecule has 1 amide bonds. The predicted octanol–water partition coefficient (Wildman–Crippen LogP) is 4.36. The normalized spacial score (nSPS) is 10.8. The van der Waals surface area contributed by atoms with Gasteiger partial charge in [0.05, 0.1) is 5.75 Å². The maximum atomic E-state index is 12.3. The summed E-state index contributed by atoms with van der Waals surface area (Å²) in [6.07, 6.45) is 0. The highest BCUT2D eigenvalue weighted by molar-refractivity contribution is 7.99. The van der Waals surface area contributed by atoms with Crippen LogP contribution in [0.4, 0.5) is 5.69 Å². The van der Waals surface area contributed by atoms with Crippen LogP contribution in [-0.2, 0) is 18.4 Å². The molecule has 152 valence electrons. The van der Waals surface area contributed by atoms with Crippen molar-refractivity contribution >= 4 is 23.4 Å². The number of aromatic nitrogens is 3. The largest absolute Gasteiger partial charge is 0.485 e. The van der Waals surface area contributed by atoms with Crippen molar-refractivity contribution in [1.82, 2.24) is 14.8 Å². The Labute approximate surface area is 175 Å². The first-order valence-corrected chi connectivity index (χ1v) is 10.4. The Morgan fingerprint density at radius 2 is 1.76 bits per heavy atom. The van der Waals surface area contributed by atoms with Gasteiger partial charge in [0.2, 0.25) is 5.91 Å². The summed E-state index contributed by atoms with van der Waals surface area (Å²) in [4.78, 5) is 12.3. The Morgan fingerprint density at radius 3 is 2.45 bits per heavy atom. The van der Waals surface area contributed by atoms with Gasteiger partial charge in [-0.2, -0.15) is 0 Å². The number of anilines is 1. The van der Waals surface area contributed by atoms with Gasteiger partial charge in [-0.15, -0.1) is 10.2 Å². The Balaban J connectivity index is 1.56. The third kappa shape index (κ3) is 5.17. The first kappa shape index (κ1) is 20.9. The van der Waals surface area contributed by atoms with Crippen LogP contribution in [0.1, 0.15) is 28.1 Å². The van der Waals surface area contributed by atoms with Crippen molar-refractivity contribution in [3.05, 3.63) is 64.5 Å². The van der Waals surface area contributed by atoms with Crippen LogP contribution in [0, 0.1) is 27.7 Å². The van der Waals surface area contributed by atoms with E-state index in [0.717, 1.165) is 28.1 Å². The molecule has 0 aliphatic heterocycles. The minimum absolute atomic E-state index is 0.0745. The summed E-state index contributed by atoms with van der Waals surface area (Å²) in [7, 11) is 1.88. The molecule has 0 atom stereocenters. The van der Waals surface area contributed by atoms with Gasteiger partial charge in [-0.05, 0) is 62.1 Å². The standard InChI is InChI=1S/C22H26N4O2S/c1-14-9-10-18(11-17(14)4)23-20(27)13-29-22-25-24-19(26(22)5)12-28-21-15(2)7-6-8-16(21)3/h6-11H,12-13H2,1-5H3,(H,23,27). The van der Waals surface area contributed by atoms with Gasteiger partial charge in [0.15, 0.2) is 11.0 Å². The van der Waals surface area contributed by atoms with Crippen LogP contribution in [-0.4, -0.2) is 26.4 Å². The van der Waals surface area contributed by atoms with Crippen LogP contribution in [0.5, 0.6) is 5.75 Å². The van der Waals surface area contributed by atoms with Gasteiger partial charge in [-0.1, -0.05) is 36.0 Å². The Bertz CT molecular complexity index is 1010. The van der Waals surface area contributed by atoms with Crippen molar-refractivity contribution in [3.63, 3.8) is 0 Å². The number of ether oxygens (including phenoxy) is 1. The number of hydrogen-bond donors (Lipinski definition) is 1. The van der Waals surface area contributed by atoms with Crippen molar-refractivity contribution in [3.8, 4) is 5.75 Å². The first-order chi connectivity index (χ1) is 13.8. The van der Waals surface area contributed by atoms with E-state index in [2.05, 4.69) is 15.5 Å². The fourth-order valence-electron chi connectivity index (χ4n) is 2.91. The van der Waals surface area contributed by atoms with E-state index in [1.807, 2.05) is 75.7 Å². The predicted molar refractivity (Wildman–Crippen MR) is 117 cm³/mol. The number of carbonyl (C=O) groups is 1. The van der Waals surface area contributed by atoms with Crippen molar-refractivity contribution in [2.75, 3.05) is 11.1 Å². The minimum atomic E-state index is -0.0745. The number of para-hydroxylation sites is 1. The number of amides is 1. The molecule has 0 bridgehead atoms. The van der Waals surface area contributed by atoms with E-state index in [1.54, 1.807) is 0 Å². The fraction of sp³-hybridized carbons (Fsp3) is 0.318. The van der Waals surface area contributed by atoms with E-state index in [4.69, 9.17) is 4.74 Å². The molecule has 3 aromatic rings. The molecule has 0 saturated carbocycles. The average molecular weight is 411 g/mol. The highest BCUT2D eigenvalue weighted by atomic mass is 32.2. The minimum Gasteiger partial charge on any atom is -0.485 e. The smallest absolute Gasteiger partial charge is 0.234 e. The van der Waals surface area contributed by atoms with Crippen LogP contribution in [0.15, 0.2) is 41.6 Å². The highest BCUT2D eigenvalue weighted by Crippen LogP contribution is 2.24. The summed E-state index contributed by atoms with van der Waals surface area (Å²) in [6, 6.07) is 11.9. The van der Waals surface area contributed by atoms with E-state index in [1.165, 1.54) is 17.3 Å². The van der Waals surface area contributed by atoms with E-state index >= 15 is 0 Å². The van der Waals surface area contributed by atoms with E-state index < -0.39 is 0 Å². The van der Waals surface area contributed by atoms with Gasteiger partial charge in [0.25, 0.3) is 0 Å². The van der Waals surface area contributed by atoms with Crippen LogP contribution < -0.4 is 10.1 Å². The van der Waals surface area contributed by atoms with Crippen LogP contribution in [0.25, 0.3) is 0 Å². The second-order valence-electron chi connectivity index (χ2n) is 7.10. The zero-order valence-electron chi connectivity index (χ0n) is 17.4. The summed E-state index contributed by atoms with van der Waals surface area (Å²) in [5.41, 5.74) is 5.33. The van der Waals surface area contributed by atoms with Crippen LogP contribution >= 0.6 is 11.8 Å². The van der Waals surface area contributed by atoms with Crippen molar-refractivity contribution < 1.29 is 9.53 Å². The van der Waals surface area contributed by atoms with Gasteiger partial charge in [-0.25, -0.2) is 0 Å². The van der Waals surface area contributed by atoms with Crippen molar-refractivity contribution in [1.29, 1.82) is 0 Å². The van der Waals surface area contributed by atoms with Gasteiger partial charge in [0.1, 0.15) is 12.4 Å². The molecule has 0 aliphatic carbocycles. The summed E-state index contributed by atoms with van der Waals surface area (Å²) in [6.45, 7) is 8.45. The number of hydrogen-bond acceptors (Lipinski definition) is 5. The molecule has 2 aromatic carbocycles. The van der Waals surface area contributed by atoms with Crippen LogP contribution in [0.2, 0.25) is 0 Å². The molecule has 1 N–H and O–H groups in total. The molecule has 0 saturated heterocycles. The Hall–Kier alpha value is -2.80. The molecule has 6 nitrogen and oxygen atoms in total. The lowest BCUT2D eigenvalue weighted by Crippen LogP contribution is -2.14. The second kappa shape index (κ2) is 9.13. The van der Waals surface area contributed by atoms with Gasteiger partial charge < -0.3 is 14.6 Å². The van der Waals surface area contributed by atoms with E-state index in [-0.39, 0.29) is 11.7 Å². The summed E-state index contributed by atoms with van der Waals surface area (Å²) >= 11 is 1.35. The van der Waals surface area contributed by atoms with Gasteiger partial charge in [-0.3, -0.25) is 4.79 Å². The number of thioether (sulfide) groups is 1.